The molecule has 2 N–H and O–H groups in total. The van der Waals surface area contributed by atoms with Crippen LogP contribution < -0.4 is 10.6 Å². The molecule has 0 saturated heterocycles. The van der Waals surface area contributed by atoms with Crippen LogP contribution in [0.2, 0.25) is 0 Å². The van der Waals surface area contributed by atoms with Gasteiger partial charge in [-0.3, -0.25) is 14.9 Å². The molecule has 0 unspecified atom stereocenters. The van der Waals surface area contributed by atoms with Gasteiger partial charge in [-0.15, -0.1) is 0 Å². The lowest BCUT2D eigenvalue weighted by Gasteiger charge is -2.25. The fourth-order valence-corrected chi connectivity index (χ4v) is 2.92. The van der Waals surface area contributed by atoms with Gasteiger partial charge in [0.2, 0.25) is 6.10 Å². The number of hydrogen-bond donors (Lipinski definition) is 2. The maximum atomic E-state index is 13.1. The average Bonchev–Trinajstić information content (AvgIpc) is 2.73. The Balaban J connectivity index is 2.31. The van der Waals surface area contributed by atoms with Crippen LogP contribution in [0.5, 0.6) is 0 Å². The molecule has 0 aliphatic heterocycles. The number of imide groups is 1. The van der Waals surface area contributed by atoms with Crippen LogP contribution in [-0.2, 0) is 14.3 Å². The summed E-state index contributed by atoms with van der Waals surface area (Å²) in [6.07, 6.45) is -0.448. The highest BCUT2D eigenvalue weighted by Gasteiger charge is 2.33. The van der Waals surface area contributed by atoms with Gasteiger partial charge in [-0.25, -0.2) is 4.79 Å². The molecule has 148 valence electrons. The van der Waals surface area contributed by atoms with E-state index in [2.05, 4.69) is 10.6 Å². The summed E-state index contributed by atoms with van der Waals surface area (Å²) in [4.78, 5) is 37.3. The SMILES string of the molecule is CC[C@@H](C)[C@@H](C(=O)O[C@H](C(=O)NC(=O)NC)c1ccccc1)c1ccccc1. The van der Waals surface area contributed by atoms with Crippen molar-refractivity contribution in [2.24, 2.45) is 5.92 Å². The van der Waals surface area contributed by atoms with Crippen molar-refractivity contribution in [3.05, 3.63) is 71.8 Å². The van der Waals surface area contributed by atoms with Gasteiger partial charge in [-0.05, 0) is 11.5 Å². The zero-order chi connectivity index (χ0) is 20.5. The molecule has 0 bridgehead atoms. The van der Waals surface area contributed by atoms with E-state index < -0.39 is 29.9 Å². The first-order chi connectivity index (χ1) is 13.5. The number of ether oxygens (including phenoxy) is 1. The van der Waals surface area contributed by atoms with Gasteiger partial charge < -0.3 is 10.1 Å². The Hall–Kier alpha value is -3.15. The number of amides is 3. The van der Waals surface area contributed by atoms with E-state index in [0.29, 0.717) is 5.56 Å². The molecule has 0 radical (unpaired) electrons. The van der Waals surface area contributed by atoms with E-state index in [9.17, 15) is 14.4 Å². The fraction of sp³-hybridized carbons (Fsp3) is 0.318. The third-order valence-corrected chi connectivity index (χ3v) is 4.66. The van der Waals surface area contributed by atoms with Gasteiger partial charge in [-0.1, -0.05) is 80.9 Å². The fourth-order valence-electron chi connectivity index (χ4n) is 2.92. The molecule has 0 aliphatic carbocycles. The highest BCUT2D eigenvalue weighted by molar-refractivity contribution is 5.98. The Morgan fingerprint density at radius 2 is 1.46 bits per heavy atom. The molecule has 6 heteroatoms. The quantitative estimate of drug-likeness (QED) is 0.717. The molecule has 2 aromatic carbocycles. The van der Waals surface area contributed by atoms with Gasteiger partial charge in [0.15, 0.2) is 0 Å². The Morgan fingerprint density at radius 3 is 1.96 bits per heavy atom. The predicted octanol–water partition coefficient (Wildman–Crippen LogP) is 3.56. The summed E-state index contributed by atoms with van der Waals surface area (Å²) in [6, 6.07) is 17.3. The third-order valence-electron chi connectivity index (χ3n) is 4.66. The van der Waals surface area contributed by atoms with Crippen LogP contribution in [0.1, 0.15) is 43.4 Å². The van der Waals surface area contributed by atoms with E-state index in [-0.39, 0.29) is 5.92 Å². The number of hydrogen-bond acceptors (Lipinski definition) is 4. The van der Waals surface area contributed by atoms with Crippen LogP contribution in [0, 0.1) is 5.92 Å². The number of urea groups is 1. The molecule has 2 rings (SSSR count). The first-order valence-corrected chi connectivity index (χ1v) is 9.30. The molecule has 3 atom stereocenters. The van der Waals surface area contributed by atoms with Crippen molar-refractivity contribution >= 4 is 17.9 Å². The van der Waals surface area contributed by atoms with Gasteiger partial charge in [0.25, 0.3) is 5.91 Å². The minimum atomic E-state index is -1.22. The summed E-state index contributed by atoms with van der Waals surface area (Å²) in [5.74, 6) is -1.69. The van der Waals surface area contributed by atoms with Crippen molar-refractivity contribution < 1.29 is 19.1 Å². The minimum absolute atomic E-state index is 0.0216. The number of benzene rings is 2. The van der Waals surface area contributed by atoms with E-state index in [0.717, 1.165) is 12.0 Å². The van der Waals surface area contributed by atoms with E-state index in [1.807, 2.05) is 44.2 Å². The predicted molar refractivity (Wildman–Crippen MR) is 107 cm³/mol. The summed E-state index contributed by atoms with van der Waals surface area (Å²) < 4.78 is 5.65. The van der Waals surface area contributed by atoms with E-state index in [1.54, 1.807) is 30.3 Å². The number of rotatable bonds is 7. The highest BCUT2D eigenvalue weighted by atomic mass is 16.5. The van der Waals surface area contributed by atoms with Crippen LogP contribution in [-0.4, -0.2) is 25.0 Å². The van der Waals surface area contributed by atoms with E-state index >= 15 is 0 Å². The van der Waals surface area contributed by atoms with Crippen LogP contribution >= 0.6 is 0 Å². The molecule has 0 spiro atoms. The van der Waals surface area contributed by atoms with Crippen LogP contribution in [0.15, 0.2) is 60.7 Å². The second kappa shape index (κ2) is 10.3. The average molecular weight is 382 g/mol. The van der Waals surface area contributed by atoms with Crippen molar-refractivity contribution in [2.75, 3.05) is 7.05 Å². The molecular formula is C22H26N2O4. The lowest BCUT2D eigenvalue weighted by Crippen LogP contribution is -2.41. The van der Waals surface area contributed by atoms with Crippen molar-refractivity contribution in [2.45, 2.75) is 32.3 Å². The summed E-state index contributed by atoms with van der Waals surface area (Å²) in [6.45, 7) is 3.97. The topological polar surface area (TPSA) is 84.5 Å². The van der Waals surface area contributed by atoms with E-state index in [1.165, 1.54) is 7.05 Å². The monoisotopic (exact) mass is 382 g/mol. The first kappa shape index (κ1) is 21.2. The molecule has 0 heterocycles. The normalized spacial score (nSPS) is 13.7. The molecule has 3 amide bonds. The smallest absolute Gasteiger partial charge is 0.321 e. The van der Waals surface area contributed by atoms with Gasteiger partial charge in [0.1, 0.15) is 0 Å². The summed E-state index contributed by atoms with van der Waals surface area (Å²) in [7, 11) is 1.40. The Bertz CT molecular complexity index is 793. The number of carbonyl (C=O) groups is 3. The van der Waals surface area contributed by atoms with Crippen molar-refractivity contribution in [3.8, 4) is 0 Å². The zero-order valence-electron chi connectivity index (χ0n) is 16.3. The molecule has 6 nitrogen and oxygen atoms in total. The molecule has 2 aromatic rings. The Kier molecular flexibility index (Phi) is 7.75. The Labute approximate surface area is 165 Å². The first-order valence-electron chi connectivity index (χ1n) is 9.30. The molecule has 28 heavy (non-hydrogen) atoms. The summed E-state index contributed by atoms with van der Waals surface area (Å²) >= 11 is 0. The van der Waals surface area contributed by atoms with E-state index in [4.69, 9.17) is 4.74 Å². The third kappa shape index (κ3) is 5.42. The van der Waals surface area contributed by atoms with Gasteiger partial charge in [0.05, 0.1) is 5.92 Å². The number of carbonyl (C=O) groups excluding carboxylic acids is 3. The number of nitrogens with one attached hydrogen (secondary N) is 2. The molecule has 0 aromatic heterocycles. The van der Waals surface area contributed by atoms with Crippen molar-refractivity contribution in [1.29, 1.82) is 0 Å². The maximum Gasteiger partial charge on any atom is 0.321 e. The van der Waals surface area contributed by atoms with Crippen molar-refractivity contribution in [1.82, 2.24) is 10.6 Å². The lowest BCUT2D eigenvalue weighted by molar-refractivity contribution is -0.158. The van der Waals surface area contributed by atoms with Crippen LogP contribution in [0.4, 0.5) is 4.79 Å². The molecule has 0 aliphatic rings. The maximum absolute atomic E-state index is 13.1. The lowest BCUT2D eigenvalue weighted by atomic mass is 9.85. The van der Waals surface area contributed by atoms with Gasteiger partial charge >= 0.3 is 12.0 Å². The summed E-state index contributed by atoms with van der Waals surface area (Å²) in [5.41, 5.74) is 1.33. The van der Waals surface area contributed by atoms with Crippen LogP contribution in [0.3, 0.4) is 0 Å². The second-order valence-corrected chi connectivity index (χ2v) is 6.57. The highest BCUT2D eigenvalue weighted by Crippen LogP contribution is 2.30. The second-order valence-electron chi connectivity index (χ2n) is 6.57. The Morgan fingerprint density at radius 1 is 0.929 bits per heavy atom. The molecular weight excluding hydrogens is 356 g/mol. The van der Waals surface area contributed by atoms with Gasteiger partial charge in [-0.2, -0.15) is 0 Å². The number of esters is 1. The molecule has 0 saturated carbocycles. The van der Waals surface area contributed by atoms with Gasteiger partial charge in [0, 0.05) is 12.6 Å². The summed E-state index contributed by atoms with van der Waals surface area (Å²) in [5, 5.41) is 4.51. The van der Waals surface area contributed by atoms with Crippen molar-refractivity contribution in [3.63, 3.8) is 0 Å². The largest absolute Gasteiger partial charge is 0.447 e. The zero-order valence-corrected chi connectivity index (χ0v) is 16.3. The molecule has 0 fully saturated rings. The van der Waals surface area contributed by atoms with Crippen LogP contribution in [0.25, 0.3) is 0 Å². The minimum Gasteiger partial charge on any atom is -0.447 e. The standard InChI is InChI=1S/C22H26N2O4/c1-4-15(2)18(16-11-7-5-8-12-16)21(26)28-19(17-13-9-6-10-14-17)20(25)24-22(27)23-3/h5-15,18-19H,4H2,1-3H3,(H2,23,24,25,27)/t15-,18-,19+/m1/s1.